The summed E-state index contributed by atoms with van der Waals surface area (Å²) in [6, 6.07) is 0. The molecule has 1 fully saturated rings. The molecular formula is C11H22N2O3. The summed E-state index contributed by atoms with van der Waals surface area (Å²) in [4.78, 5) is 10.9. The van der Waals surface area contributed by atoms with Crippen LogP contribution in [0.3, 0.4) is 0 Å². The molecule has 94 valence electrons. The van der Waals surface area contributed by atoms with E-state index in [2.05, 4.69) is 10.6 Å². The summed E-state index contributed by atoms with van der Waals surface area (Å²) >= 11 is 0. The van der Waals surface area contributed by atoms with Crippen molar-refractivity contribution in [3.05, 3.63) is 0 Å². The van der Waals surface area contributed by atoms with Gasteiger partial charge in [0, 0.05) is 33.0 Å². The molecule has 0 spiro atoms. The van der Waals surface area contributed by atoms with Crippen LogP contribution in [0.25, 0.3) is 0 Å². The second-order valence-corrected chi connectivity index (χ2v) is 4.32. The van der Waals surface area contributed by atoms with Crippen LogP contribution in [0.4, 0.5) is 0 Å². The maximum absolute atomic E-state index is 10.9. The van der Waals surface area contributed by atoms with E-state index >= 15 is 0 Å². The zero-order chi connectivity index (χ0) is 12.0. The number of hydrogen-bond donors (Lipinski definition) is 3. The summed E-state index contributed by atoms with van der Waals surface area (Å²) < 4.78 is 5.33. The molecule has 5 heteroatoms. The summed E-state index contributed by atoms with van der Waals surface area (Å²) in [5, 5.41) is 15.9. The highest BCUT2D eigenvalue weighted by Gasteiger charge is 2.38. The normalized spacial score (nSPS) is 29.3. The molecule has 0 bridgehead atoms. The van der Waals surface area contributed by atoms with Crippen LogP contribution in [0, 0.1) is 0 Å². The average Bonchev–Trinajstić information content (AvgIpc) is 2.59. The lowest BCUT2D eigenvalue weighted by Crippen LogP contribution is -2.46. The standard InChI is InChI=1S/C11H22N2O3/c1-9-11(15,5-7-16-9)8-13-6-3-4-10(14)12-2/h9,13,15H,3-8H2,1-2H3,(H,12,14). The Balaban J connectivity index is 2.09. The lowest BCUT2D eigenvalue weighted by Gasteiger charge is -2.26. The van der Waals surface area contributed by atoms with E-state index in [1.54, 1.807) is 7.05 Å². The van der Waals surface area contributed by atoms with Gasteiger partial charge < -0.3 is 20.5 Å². The van der Waals surface area contributed by atoms with Crippen LogP contribution in [-0.4, -0.2) is 49.5 Å². The monoisotopic (exact) mass is 230 g/mol. The number of aliphatic hydroxyl groups is 1. The minimum absolute atomic E-state index is 0.0538. The van der Waals surface area contributed by atoms with E-state index in [0.29, 0.717) is 26.0 Å². The molecule has 5 nitrogen and oxygen atoms in total. The van der Waals surface area contributed by atoms with Crippen molar-refractivity contribution in [3.8, 4) is 0 Å². The van der Waals surface area contributed by atoms with Crippen molar-refractivity contribution >= 4 is 5.91 Å². The smallest absolute Gasteiger partial charge is 0.219 e. The summed E-state index contributed by atoms with van der Waals surface area (Å²) in [5.74, 6) is 0.0538. The highest BCUT2D eigenvalue weighted by Crippen LogP contribution is 2.24. The predicted octanol–water partition coefficient (Wildman–Crippen LogP) is -0.358. The van der Waals surface area contributed by atoms with E-state index < -0.39 is 5.60 Å². The topological polar surface area (TPSA) is 70.6 Å². The number of hydrogen-bond acceptors (Lipinski definition) is 4. The van der Waals surface area contributed by atoms with Crippen molar-refractivity contribution in [1.82, 2.24) is 10.6 Å². The van der Waals surface area contributed by atoms with E-state index in [9.17, 15) is 9.90 Å². The Morgan fingerprint density at radius 2 is 2.38 bits per heavy atom. The molecule has 2 unspecified atom stereocenters. The van der Waals surface area contributed by atoms with Gasteiger partial charge in [0.15, 0.2) is 0 Å². The minimum Gasteiger partial charge on any atom is -0.386 e. The number of carbonyl (C=O) groups is 1. The Bertz CT molecular complexity index is 235. The molecule has 1 aliphatic rings. The third-order valence-electron chi connectivity index (χ3n) is 3.13. The van der Waals surface area contributed by atoms with Crippen molar-refractivity contribution in [2.24, 2.45) is 0 Å². The lowest BCUT2D eigenvalue weighted by molar-refractivity contribution is -0.120. The van der Waals surface area contributed by atoms with Crippen molar-refractivity contribution in [1.29, 1.82) is 0 Å². The summed E-state index contributed by atoms with van der Waals surface area (Å²) in [7, 11) is 1.63. The summed E-state index contributed by atoms with van der Waals surface area (Å²) in [6.07, 6.45) is 1.87. The van der Waals surface area contributed by atoms with Gasteiger partial charge in [-0.1, -0.05) is 0 Å². The first-order chi connectivity index (χ1) is 7.58. The van der Waals surface area contributed by atoms with Gasteiger partial charge in [-0.05, 0) is 19.9 Å². The molecule has 0 aromatic carbocycles. The first kappa shape index (κ1) is 13.4. The van der Waals surface area contributed by atoms with Crippen LogP contribution in [0.2, 0.25) is 0 Å². The van der Waals surface area contributed by atoms with E-state index in [1.807, 2.05) is 6.92 Å². The minimum atomic E-state index is -0.743. The van der Waals surface area contributed by atoms with Crippen LogP contribution in [-0.2, 0) is 9.53 Å². The lowest BCUT2D eigenvalue weighted by atomic mass is 9.97. The predicted molar refractivity (Wildman–Crippen MR) is 61.2 cm³/mol. The third-order valence-corrected chi connectivity index (χ3v) is 3.13. The van der Waals surface area contributed by atoms with Crippen molar-refractivity contribution in [3.63, 3.8) is 0 Å². The molecule has 1 rings (SSSR count). The van der Waals surface area contributed by atoms with E-state index in [1.165, 1.54) is 0 Å². The van der Waals surface area contributed by atoms with E-state index in [0.717, 1.165) is 13.0 Å². The van der Waals surface area contributed by atoms with Crippen molar-refractivity contribution < 1.29 is 14.6 Å². The van der Waals surface area contributed by atoms with Crippen LogP contribution in [0.5, 0.6) is 0 Å². The van der Waals surface area contributed by atoms with Crippen LogP contribution in [0.1, 0.15) is 26.2 Å². The molecule has 1 amide bonds. The fourth-order valence-electron chi connectivity index (χ4n) is 1.81. The fraction of sp³-hybridized carbons (Fsp3) is 0.909. The van der Waals surface area contributed by atoms with Crippen molar-refractivity contribution in [2.75, 3.05) is 26.7 Å². The third kappa shape index (κ3) is 3.73. The molecular weight excluding hydrogens is 208 g/mol. The fourth-order valence-corrected chi connectivity index (χ4v) is 1.81. The van der Waals surface area contributed by atoms with Gasteiger partial charge in [0.2, 0.25) is 5.91 Å². The molecule has 16 heavy (non-hydrogen) atoms. The SMILES string of the molecule is CNC(=O)CCCNCC1(O)CCOC1C. The zero-order valence-corrected chi connectivity index (χ0v) is 10.1. The molecule has 0 aliphatic carbocycles. The number of rotatable bonds is 6. The number of nitrogens with one attached hydrogen (secondary N) is 2. The average molecular weight is 230 g/mol. The summed E-state index contributed by atoms with van der Waals surface area (Å²) in [6.45, 7) is 3.78. The first-order valence-electron chi connectivity index (χ1n) is 5.84. The van der Waals surface area contributed by atoms with Crippen LogP contribution < -0.4 is 10.6 Å². The zero-order valence-electron chi connectivity index (χ0n) is 10.1. The quantitative estimate of drug-likeness (QED) is 0.545. The van der Waals surface area contributed by atoms with Gasteiger partial charge in [-0.3, -0.25) is 4.79 Å². The number of carbonyl (C=O) groups excluding carboxylic acids is 1. The van der Waals surface area contributed by atoms with Crippen LogP contribution in [0.15, 0.2) is 0 Å². The molecule has 1 aliphatic heterocycles. The second kappa shape index (κ2) is 6.18. The van der Waals surface area contributed by atoms with Gasteiger partial charge in [0.25, 0.3) is 0 Å². The Morgan fingerprint density at radius 3 is 2.94 bits per heavy atom. The largest absolute Gasteiger partial charge is 0.386 e. The Hall–Kier alpha value is -0.650. The molecule has 0 saturated carbocycles. The van der Waals surface area contributed by atoms with Gasteiger partial charge in [-0.15, -0.1) is 0 Å². The van der Waals surface area contributed by atoms with Gasteiger partial charge >= 0.3 is 0 Å². The second-order valence-electron chi connectivity index (χ2n) is 4.32. The van der Waals surface area contributed by atoms with Gasteiger partial charge in [-0.2, -0.15) is 0 Å². The van der Waals surface area contributed by atoms with Gasteiger partial charge in [-0.25, -0.2) is 0 Å². The van der Waals surface area contributed by atoms with Crippen molar-refractivity contribution in [2.45, 2.75) is 37.9 Å². The molecule has 2 atom stereocenters. The maximum Gasteiger partial charge on any atom is 0.219 e. The van der Waals surface area contributed by atoms with Gasteiger partial charge in [0.05, 0.1) is 6.10 Å². The van der Waals surface area contributed by atoms with Crippen LogP contribution >= 0.6 is 0 Å². The Labute approximate surface area is 96.6 Å². The first-order valence-corrected chi connectivity index (χ1v) is 5.84. The van der Waals surface area contributed by atoms with E-state index in [-0.39, 0.29) is 12.0 Å². The maximum atomic E-state index is 10.9. The molecule has 0 radical (unpaired) electrons. The molecule has 1 saturated heterocycles. The summed E-state index contributed by atoms with van der Waals surface area (Å²) in [5.41, 5.74) is -0.743. The van der Waals surface area contributed by atoms with E-state index in [4.69, 9.17) is 4.74 Å². The molecule has 0 aromatic heterocycles. The highest BCUT2D eigenvalue weighted by atomic mass is 16.5. The molecule has 1 heterocycles. The Kier molecular flexibility index (Phi) is 5.18. The van der Waals surface area contributed by atoms with Gasteiger partial charge in [0.1, 0.15) is 5.60 Å². The Morgan fingerprint density at radius 1 is 1.62 bits per heavy atom. The molecule has 3 N–H and O–H groups in total. The number of amides is 1. The molecule has 0 aromatic rings. The number of ether oxygens (including phenoxy) is 1. The highest BCUT2D eigenvalue weighted by molar-refractivity contribution is 5.75.